The fraction of sp³-hybridized carbons (Fsp3) is 0.308. The van der Waals surface area contributed by atoms with Gasteiger partial charge in [-0.1, -0.05) is 79.7 Å². The van der Waals surface area contributed by atoms with Crippen LogP contribution < -0.4 is 10.1 Å². The predicted octanol–water partition coefficient (Wildman–Crippen LogP) is 5.96. The zero-order valence-electron chi connectivity index (χ0n) is 17.2. The summed E-state index contributed by atoms with van der Waals surface area (Å²) in [5.74, 6) is 0.930. The monoisotopic (exact) mass is 373 g/mol. The molecule has 146 valence electrons. The van der Waals surface area contributed by atoms with Crippen LogP contribution in [-0.2, 0) is 12.0 Å². The summed E-state index contributed by atoms with van der Waals surface area (Å²) in [6.07, 6.45) is 1.24. The van der Waals surface area contributed by atoms with Gasteiger partial charge in [0.1, 0.15) is 5.75 Å². The van der Waals surface area contributed by atoms with Gasteiger partial charge in [0, 0.05) is 12.0 Å². The van der Waals surface area contributed by atoms with E-state index in [0.29, 0.717) is 0 Å². The highest BCUT2D eigenvalue weighted by molar-refractivity contribution is 5.38. The average molecular weight is 374 g/mol. The van der Waals surface area contributed by atoms with E-state index >= 15 is 0 Å². The van der Waals surface area contributed by atoms with Crippen LogP contribution in [0.1, 0.15) is 43.9 Å². The van der Waals surface area contributed by atoms with Crippen LogP contribution in [0.2, 0.25) is 0 Å². The third kappa shape index (κ3) is 5.24. The fourth-order valence-electron chi connectivity index (χ4n) is 3.60. The Morgan fingerprint density at radius 2 is 1.32 bits per heavy atom. The number of benzene rings is 3. The number of nitrogens with one attached hydrogen (secondary N) is 1. The Balaban J connectivity index is 1.62. The van der Waals surface area contributed by atoms with Crippen molar-refractivity contribution in [3.05, 3.63) is 102 Å². The lowest BCUT2D eigenvalue weighted by molar-refractivity contribution is 0.242. The van der Waals surface area contributed by atoms with Crippen molar-refractivity contribution in [3.63, 3.8) is 0 Å². The van der Waals surface area contributed by atoms with E-state index in [1.54, 1.807) is 0 Å². The SMILES string of the molecule is CC(C)Oc1ccc(CNCCC(C)(c2ccccc2)c2ccccc2)cc1. The summed E-state index contributed by atoms with van der Waals surface area (Å²) in [4.78, 5) is 0. The van der Waals surface area contributed by atoms with Crippen LogP contribution in [-0.4, -0.2) is 12.6 Å². The first-order chi connectivity index (χ1) is 13.6. The van der Waals surface area contributed by atoms with Crippen LogP contribution in [0.4, 0.5) is 0 Å². The molecule has 0 radical (unpaired) electrons. The number of ether oxygens (including phenoxy) is 1. The van der Waals surface area contributed by atoms with Gasteiger partial charge in [0.05, 0.1) is 6.10 Å². The van der Waals surface area contributed by atoms with Crippen molar-refractivity contribution in [3.8, 4) is 5.75 Å². The summed E-state index contributed by atoms with van der Waals surface area (Å²) in [5, 5.41) is 3.62. The topological polar surface area (TPSA) is 21.3 Å². The Labute approximate surface area is 169 Å². The van der Waals surface area contributed by atoms with Gasteiger partial charge in [-0.15, -0.1) is 0 Å². The van der Waals surface area contributed by atoms with Crippen LogP contribution >= 0.6 is 0 Å². The predicted molar refractivity (Wildman–Crippen MR) is 118 cm³/mol. The molecule has 0 saturated heterocycles. The normalized spacial score (nSPS) is 11.6. The molecule has 0 aromatic heterocycles. The van der Waals surface area contributed by atoms with Crippen molar-refractivity contribution in [2.45, 2.75) is 45.3 Å². The maximum Gasteiger partial charge on any atom is 0.119 e. The number of hydrogen-bond acceptors (Lipinski definition) is 2. The van der Waals surface area contributed by atoms with Crippen molar-refractivity contribution in [2.75, 3.05) is 6.54 Å². The minimum Gasteiger partial charge on any atom is -0.491 e. The second kappa shape index (κ2) is 9.57. The second-order valence-electron chi connectivity index (χ2n) is 7.80. The fourth-order valence-corrected chi connectivity index (χ4v) is 3.60. The maximum absolute atomic E-state index is 5.72. The molecule has 0 unspecified atom stereocenters. The molecule has 0 aliphatic carbocycles. The molecule has 0 aliphatic rings. The first-order valence-corrected chi connectivity index (χ1v) is 10.2. The summed E-state index contributed by atoms with van der Waals surface area (Å²) < 4.78 is 5.72. The van der Waals surface area contributed by atoms with Crippen LogP contribution in [0, 0.1) is 0 Å². The van der Waals surface area contributed by atoms with Crippen molar-refractivity contribution in [2.24, 2.45) is 0 Å². The molecule has 2 heteroatoms. The molecular weight excluding hydrogens is 342 g/mol. The van der Waals surface area contributed by atoms with Crippen molar-refractivity contribution >= 4 is 0 Å². The van der Waals surface area contributed by atoms with Crippen molar-refractivity contribution in [1.82, 2.24) is 5.32 Å². The van der Waals surface area contributed by atoms with E-state index in [-0.39, 0.29) is 11.5 Å². The Hall–Kier alpha value is -2.58. The van der Waals surface area contributed by atoms with Gasteiger partial charge in [-0.3, -0.25) is 0 Å². The molecule has 3 aromatic carbocycles. The molecule has 0 amide bonds. The molecule has 2 nitrogen and oxygen atoms in total. The van der Waals surface area contributed by atoms with E-state index in [9.17, 15) is 0 Å². The molecule has 0 atom stereocenters. The van der Waals surface area contributed by atoms with Gasteiger partial charge in [-0.25, -0.2) is 0 Å². The largest absolute Gasteiger partial charge is 0.491 e. The van der Waals surface area contributed by atoms with E-state index in [1.807, 2.05) is 13.8 Å². The van der Waals surface area contributed by atoms with E-state index in [1.165, 1.54) is 16.7 Å². The summed E-state index contributed by atoms with van der Waals surface area (Å²) in [7, 11) is 0. The summed E-state index contributed by atoms with van der Waals surface area (Å²) >= 11 is 0. The summed E-state index contributed by atoms with van der Waals surface area (Å²) in [6, 6.07) is 30.0. The smallest absolute Gasteiger partial charge is 0.119 e. The highest BCUT2D eigenvalue weighted by atomic mass is 16.5. The van der Waals surface area contributed by atoms with Gasteiger partial charge in [0.15, 0.2) is 0 Å². The molecule has 3 rings (SSSR count). The molecule has 0 bridgehead atoms. The third-order valence-corrected chi connectivity index (χ3v) is 5.25. The van der Waals surface area contributed by atoms with Crippen molar-refractivity contribution in [1.29, 1.82) is 0 Å². The molecule has 1 N–H and O–H groups in total. The number of hydrogen-bond donors (Lipinski definition) is 1. The first kappa shape index (κ1) is 20.2. The maximum atomic E-state index is 5.72. The van der Waals surface area contributed by atoms with E-state index in [4.69, 9.17) is 4.74 Å². The van der Waals surface area contributed by atoms with Gasteiger partial charge in [0.25, 0.3) is 0 Å². The van der Waals surface area contributed by atoms with Gasteiger partial charge < -0.3 is 10.1 Å². The lowest BCUT2D eigenvalue weighted by atomic mass is 9.74. The van der Waals surface area contributed by atoms with Gasteiger partial charge in [-0.05, 0) is 55.6 Å². The molecule has 0 fully saturated rings. The van der Waals surface area contributed by atoms with Crippen LogP contribution in [0.15, 0.2) is 84.9 Å². The molecule has 0 aliphatic heterocycles. The first-order valence-electron chi connectivity index (χ1n) is 10.2. The van der Waals surface area contributed by atoms with E-state index in [0.717, 1.165) is 25.3 Å². The molecular formula is C26H31NO. The Bertz CT molecular complexity index is 786. The minimum atomic E-state index is -0.00944. The second-order valence-corrected chi connectivity index (χ2v) is 7.80. The van der Waals surface area contributed by atoms with Gasteiger partial charge >= 0.3 is 0 Å². The highest BCUT2D eigenvalue weighted by Crippen LogP contribution is 2.34. The quantitative estimate of drug-likeness (QED) is 0.467. The van der Waals surface area contributed by atoms with Crippen LogP contribution in [0.3, 0.4) is 0 Å². The minimum absolute atomic E-state index is 0.00944. The summed E-state index contributed by atoms with van der Waals surface area (Å²) in [6.45, 7) is 8.25. The van der Waals surface area contributed by atoms with Gasteiger partial charge in [-0.2, -0.15) is 0 Å². The Morgan fingerprint density at radius 1 is 0.786 bits per heavy atom. The zero-order chi connectivity index (χ0) is 19.8. The molecule has 0 spiro atoms. The summed E-state index contributed by atoms with van der Waals surface area (Å²) in [5.41, 5.74) is 3.98. The zero-order valence-corrected chi connectivity index (χ0v) is 17.2. The average Bonchev–Trinajstić information content (AvgIpc) is 2.73. The van der Waals surface area contributed by atoms with Crippen LogP contribution in [0.5, 0.6) is 5.75 Å². The molecule has 0 saturated carbocycles. The van der Waals surface area contributed by atoms with E-state index in [2.05, 4.69) is 97.2 Å². The Morgan fingerprint density at radius 3 is 1.82 bits per heavy atom. The lowest BCUT2D eigenvalue weighted by Gasteiger charge is -2.31. The van der Waals surface area contributed by atoms with Crippen LogP contribution in [0.25, 0.3) is 0 Å². The standard InChI is InChI=1S/C26H31NO/c1-21(2)28-25-16-14-22(15-17-25)20-27-19-18-26(3,23-10-6-4-7-11-23)24-12-8-5-9-13-24/h4-17,21,27H,18-20H2,1-3H3. The third-order valence-electron chi connectivity index (χ3n) is 5.25. The lowest BCUT2D eigenvalue weighted by Crippen LogP contribution is -2.29. The molecule has 3 aromatic rings. The molecule has 28 heavy (non-hydrogen) atoms. The van der Waals surface area contributed by atoms with E-state index < -0.39 is 0 Å². The number of rotatable bonds is 9. The van der Waals surface area contributed by atoms with Crippen molar-refractivity contribution < 1.29 is 4.74 Å². The Kier molecular flexibility index (Phi) is 6.89. The highest BCUT2D eigenvalue weighted by Gasteiger charge is 2.27. The van der Waals surface area contributed by atoms with Gasteiger partial charge in [0.2, 0.25) is 0 Å². The molecule has 0 heterocycles.